The fraction of sp³-hybridized carbons (Fsp3) is 0.333. The van der Waals surface area contributed by atoms with Crippen molar-refractivity contribution in [2.75, 3.05) is 6.26 Å². The molecule has 2 aromatic carbocycles. The number of alkyl halides is 1. The predicted octanol–water partition coefficient (Wildman–Crippen LogP) is 5.94. The van der Waals surface area contributed by atoms with Gasteiger partial charge >= 0.3 is 0 Å². The van der Waals surface area contributed by atoms with Crippen molar-refractivity contribution in [3.05, 3.63) is 65.2 Å². The third-order valence-corrected chi connectivity index (χ3v) is 4.63. The molecule has 2 aromatic rings. The van der Waals surface area contributed by atoms with Crippen LogP contribution in [0.3, 0.4) is 0 Å². The first-order valence-corrected chi connectivity index (χ1v) is 8.63. The summed E-state index contributed by atoms with van der Waals surface area (Å²) in [6.45, 7) is 4.49. The molecular formula is C18H21ClS. The van der Waals surface area contributed by atoms with Gasteiger partial charge < -0.3 is 0 Å². The van der Waals surface area contributed by atoms with Crippen molar-refractivity contribution in [2.24, 2.45) is 5.92 Å². The number of rotatable bonds is 5. The van der Waals surface area contributed by atoms with Gasteiger partial charge in [-0.15, -0.1) is 23.4 Å². The first-order valence-electron chi connectivity index (χ1n) is 6.97. The highest BCUT2D eigenvalue weighted by Crippen LogP contribution is 2.34. The van der Waals surface area contributed by atoms with Crippen LogP contribution in [-0.2, 0) is 6.42 Å². The Hall–Kier alpha value is -0.920. The van der Waals surface area contributed by atoms with Crippen LogP contribution < -0.4 is 0 Å². The second-order valence-electron chi connectivity index (χ2n) is 5.44. The maximum absolute atomic E-state index is 6.66. The summed E-state index contributed by atoms with van der Waals surface area (Å²) in [5.74, 6) is 0.685. The zero-order chi connectivity index (χ0) is 14.5. The van der Waals surface area contributed by atoms with Crippen LogP contribution in [0.2, 0.25) is 0 Å². The maximum Gasteiger partial charge on any atom is 0.0846 e. The summed E-state index contributed by atoms with van der Waals surface area (Å²) >= 11 is 8.41. The molecule has 1 atom stereocenters. The van der Waals surface area contributed by atoms with E-state index in [2.05, 4.69) is 68.6 Å². The summed E-state index contributed by atoms with van der Waals surface area (Å²) in [6.07, 6.45) is 3.21. The lowest BCUT2D eigenvalue weighted by Gasteiger charge is -2.14. The van der Waals surface area contributed by atoms with Gasteiger partial charge in [0.05, 0.1) is 5.38 Å². The molecule has 0 nitrogen and oxygen atoms in total. The average molecular weight is 305 g/mol. The molecule has 0 aromatic heterocycles. The smallest absolute Gasteiger partial charge is 0.0846 e. The van der Waals surface area contributed by atoms with Gasteiger partial charge in [-0.25, -0.2) is 0 Å². The Morgan fingerprint density at radius 3 is 2.25 bits per heavy atom. The van der Waals surface area contributed by atoms with Gasteiger partial charge in [0.25, 0.3) is 0 Å². The van der Waals surface area contributed by atoms with Crippen molar-refractivity contribution in [2.45, 2.75) is 30.5 Å². The molecule has 0 saturated carbocycles. The number of benzene rings is 2. The van der Waals surface area contributed by atoms with Crippen LogP contribution in [0.5, 0.6) is 0 Å². The SMILES string of the molecule is CSc1ccccc1C(Cl)c1ccc(CC(C)C)cc1. The van der Waals surface area contributed by atoms with Crippen LogP contribution in [-0.4, -0.2) is 6.26 Å². The monoisotopic (exact) mass is 304 g/mol. The van der Waals surface area contributed by atoms with Gasteiger partial charge in [0.1, 0.15) is 0 Å². The molecule has 0 spiro atoms. The molecule has 0 aliphatic rings. The minimum atomic E-state index is -0.0771. The van der Waals surface area contributed by atoms with Crippen LogP contribution in [0.25, 0.3) is 0 Å². The number of hydrogen-bond donors (Lipinski definition) is 0. The third-order valence-electron chi connectivity index (χ3n) is 3.33. The van der Waals surface area contributed by atoms with Crippen molar-refractivity contribution in [3.8, 4) is 0 Å². The highest BCUT2D eigenvalue weighted by atomic mass is 35.5. The van der Waals surface area contributed by atoms with Crippen molar-refractivity contribution in [3.63, 3.8) is 0 Å². The molecule has 0 aliphatic carbocycles. The topological polar surface area (TPSA) is 0 Å². The van der Waals surface area contributed by atoms with E-state index in [4.69, 9.17) is 11.6 Å². The molecule has 0 amide bonds. The Morgan fingerprint density at radius 1 is 1.00 bits per heavy atom. The second-order valence-corrected chi connectivity index (χ2v) is 6.73. The van der Waals surface area contributed by atoms with E-state index < -0.39 is 0 Å². The van der Waals surface area contributed by atoms with E-state index in [0.717, 1.165) is 6.42 Å². The summed E-state index contributed by atoms with van der Waals surface area (Å²) < 4.78 is 0. The summed E-state index contributed by atoms with van der Waals surface area (Å²) in [7, 11) is 0. The van der Waals surface area contributed by atoms with E-state index in [9.17, 15) is 0 Å². The van der Waals surface area contributed by atoms with Crippen LogP contribution in [0.15, 0.2) is 53.4 Å². The zero-order valence-electron chi connectivity index (χ0n) is 12.3. The van der Waals surface area contributed by atoms with Gasteiger partial charge in [-0.05, 0) is 41.4 Å². The standard InChI is InChI=1S/C18H21ClS/c1-13(2)12-14-8-10-15(11-9-14)18(19)16-6-4-5-7-17(16)20-3/h4-11,13,18H,12H2,1-3H3. The second kappa shape index (κ2) is 7.19. The Kier molecular flexibility index (Phi) is 5.56. The molecule has 0 heterocycles. The zero-order valence-corrected chi connectivity index (χ0v) is 13.8. The van der Waals surface area contributed by atoms with E-state index in [1.807, 2.05) is 0 Å². The minimum Gasteiger partial charge on any atom is -0.129 e. The summed E-state index contributed by atoms with van der Waals surface area (Å²) in [5, 5.41) is -0.0771. The minimum absolute atomic E-state index is 0.0771. The highest BCUT2D eigenvalue weighted by Gasteiger charge is 2.14. The van der Waals surface area contributed by atoms with Gasteiger partial charge in [-0.3, -0.25) is 0 Å². The number of thioether (sulfide) groups is 1. The van der Waals surface area contributed by atoms with Gasteiger partial charge in [-0.1, -0.05) is 56.3 Å². The van der Waals surface area contributed by atoms with E-state index >= 15 is 0 Å². The van der Waals surface area contributed by atoms with Gasteiger partial charge in [0.2, 0.25) is 0 Å². The lowest BCUT2D eigenvalue weighted by Crippen LogP contribution is -1.97. The van der Waals surface area contributed by atoms with Gasteiger partial charge in [0, 0.05) is 4.90 Å². The number of halogens is 1. The van der Waals surface area contributed by atoms with E-state index in [0.29, 0.717) is 5.92 Å². The van der Waals surface area contributed by atoms with Crippen molar-refractivity contribution in [1.82, 2.24) is 0 Å². The molecule has 20 heavy (non-hydrogen) atoms. The molecule has 0 N–H and O–H groups in total. The lowest BCUT2D eigenvalue weighted by atomic mass is 9.99. The summed E-state index contributed by atoms with van der Waals surface area (Å²) in [5.41, 5.74) is 3.74. The molecular weight excluding hydrogens is 284 g/mol. The predicted molar refractivity (Wildman–Crippen MR) is 90.9 cm³/mol. The molecule has 0 fully saturated rings. The van der Waals surface area contributed by atoms with Crippen molar-refractivity contribution >= 4 is 23.4 Å². The molecule has 0 radical (unpaired) electrons. The molecule has 1 unspecified atom stereocenters. The first-order chi connectivity index (χ1) is 9.61. The lowest BCUT2D eigenvalue weighted by molar-refractivity contribution is 0.647. The Labute approximate surface area is 131 Å². The Morgan fingerprint density at radius 2 is 1.65 bits per heavy atom. The van der Waals surface area contributed by atoms with Crippen molar-refractivity contribution in [1.29, 1.82) is 0 Å². The number of hydrogen-bond acceptors (Lipinski definition) is 1. The Bertz CT molecular complexity index is 546. The largest absolute Gasteiger partial charge is 0.129 e. The van der Waals surface area contributed by atoms with E-state index in [1.165, 1.54) is 21.6 Å². The molecule has 2 heteroatoms. The molecule has 0 bridgehead atoms. The average Bonchev–Trinajstić information content (AvgIpc) is 2.46. The quantitative estimate of drug-likeness (QED) is 0.487. The summed E-state index contributed by atoms with van der Waals surface area (Å²) in [6, 6.07) is 17.1. The third kappa shape index (κ3) is 3.80. The fourth-order valence-electron chi connectivity index (χ4n) is 2.35. The Balaban J connectivity index is 2.22. The normalized spacial score (nSPS) is 12.7. The first kappa shape index (κ1) is 15.5. The van der Waals surface area contributed by atoms with Gasteiger partial charge in [0.15, 0.2) is 0 Å². The van der Waals surface area contributed by atoms with E-state index in [1.54, 1.807) is 11.8 Å². The molecule has 2 rings (SSSR count). The molecule has 106 valence electrons. The van der Waals surface area contributed by atoms with Crippen LogP contribution in [0.1, 0.15) is 35.9 Å². The van der Waals surface area contributed by atoms with Crippen molar-refractivity contribution < 1.29 is 0 Å². The van der Waals surface area contributed by atoms with Crippen LogP contribution in [0, 0.1) is 5.92 Å². The molecule has 0 saturated heterocycles. The molecule has 0 aliphatic heterocycles. The fourth-order valence-corrected chi connectivity index (χ4v) is 3.39. The van der Waals surface area contributed by atoms with E-state index in [-0.39, 0.29) is 5.38 Å². The highest BCUT2D eigenvalue weighted by molar-refractivity contribution is 7.98. The van der Waals surface area contributed by atoms with Crippen LogP contribution in [0.4, 0.5) is 0 Å². The summed E-state index contributed by atoms with van der Waals surface area (Å²) in [4.78, 5) is 1.25. The van der Waals surface area contributed by atoms with Crippen LogP contribution >= 0.6 is 23.4 Å². The van der Waals surface area contributed by atoms with Gasteiger partial charge in [-0.2, -0.15) is 0 Å². The maximum atomic E-state index is 6.66.